The van der Waals surface area contributed by atoms with Gasteiger partial charge in [0.25, 0.3) is 0 Å². The van der Waals surface area contributed by atoms with Crippen molar-refractivity contribution in [3.8, 4) is 0 Å². The lowest BCUT2D eigenvalue weighted by atomic mass is 10.0. The predicted molar refractivity (Wildman–Crippen MR) is 126 cm³/mol. The van der Waals surface area contributed by atoms with E-state index in [0.29, 0.717) is 5.92 Å². The molecule has 0 saturated heterocycles. The van der Waals surface area contributed by atoms with Gasteiger partial charge in [-0.25, -0.2) is 0 Å². The second kappa shape index (κ2) is 12.9. The molecule has 0 fully saturated rings. The Morgan fingerprint density at radius 1 is 0.607 bits per heavy atom. The molecule has 0 aliphatic carbocycles. The van der Waals surface area contributed by atoms with Crippen molar-refractivity contribution < 1.29 is 0 Å². The normalized spacial score (nSPS) is 9.86. The lowest BCUT2D eigenvalue weighted by Crippen LogP contribution is -1.88. The lowest BCUT2D eigenvalue weighted by Gasteiger charge is -2.02. The summed E-state index contributed by atoms with van der Waals surface area (Å²) in [6.45, 7) is 15.2. The number of benzene rings is 3. The fraction of sp³-hybridized carbons (Fsp3) is 0.357. The molecule has 0 aromatic heterocycles. The molecule has 28 heavy (non-hydrogen) atoms. The van der Waals surface area contributed by atoms with Gasteiger partial charge in [0.2, 0.25) is 0 Å². The van der Waals surface area contributed by atoms with Gasteiger partial charge in [-0.3, -0.25) is 0 Å². The van der Waals surface area contributed by atoms with Crippen LogP contribution in [0.15, 0.2) is 72.8 Å². The summed E-state index contributed by atoms with van der Waals surface area (Å²) < 4.78 is 0. The topological polar surface area (TPSA) is 0 Å². The van der Waals surface area contributed by atoms with Crippen LogP contribution < -0.4 is 0 Å². The molecule has 3 aromatic carbocycles. The van der Waals surface area contributed by atoms with Gasteiger partial charge >= 0.3 is 0 Å². The van der Waals surface area contributed by atoms with Crippen LogP contribution in [0.4, 0.5) is 0 Å². The van der Waals surface area contributed by atoms with Crippen LogP contribution in [0.1, 0.15) is 67.0 Å². The van der Waals surface area contributed by atoms with Crippen molar-refractivity contribution in [2.24, 2.45) is 0 Å². The van der Waals surface area contributed by atoms with E-state index in [0.717, 1.165) is 12.8 Å². The van der Waals surface area contributed by atoms with E-state index in [9.17, 15) is 0 Å². The van der Waals surface area contributed by atoms with Crippen molar-refractivity contribution in [2.75, 3.05) is 0 Å². The van der Waals surface area contributed by atoms with Gasteiger partial charge in [0.15, 0.2) is 0 Å². The van der Waals surface area contributed by atoms with E-state index in [1.54, 1.807) is 0 Å². The molecule has 3 rings (SSSR count). The van der Waals surface area contributed by atoms with Crippen molar-refractivity contribution in [1.82, 2.24) is 0 Å². The Morgan fingerprint density at radius 3 is 1.46 bits per heavy atom. The second-order valence-corrected chi connectivity index (χ2v) is 7.63. The fourth-order valence-corrected chi connectivity index (χ4v) is 2.98. The molecule has 150 valence electrons. The summed E-state index contributed by atoms with van der Waals surface area (Å²) in [5.41, 5.74) is 8.50. The number of aryl methyl sites for hydroxylation is 5. The zero-order chi connectivity index (χ0) is 20.9. The van der Waals surface area contributed by atoms with E-state index in [1.165, 1.54) is 33.4 Å². The van der Waals surface area contributed by atoms with Crippen molar-refractivity contribution in [2.45, 2.75) is 67.2 Å². The largest absolute Gasteiger partial charge is 0.0622 e. The Morgan fingerprint density at radius 2 is 1.11 bits per heavy atom. The van der Waals surface area contributed by atoms with Crippen molar-refractivity contribution in [3.63, 3.8) is 0 Å². The molecule has 3 aromatic rings. The zero-order valence-electron chi connectivity index (χ0n) is 18.9. The number of hydrogen-bond acceptors (Lipinski definition) is 0. The summed E-state index contributed by atoms with van der Waals surface area (Å²) in [6, 6.07) is 25.7. The molecule has 0 N–H and O–H groups in total. The Labute approximate surface area is 173 Å². The van der Waals surface area contributed by atoms with Gasteiger partial charge in [-0.1, -0.05) is 106 Å². The van der Waals surface area contributed by atoms with E-state index < -0.39 is 0 Å². The molecule has 0 aliphatic heterocycles. The van der Waals surface area contributed by atoms with Gasteiger partial charge < -0.3 is 0 Å². The highest BCUT2D eigenvalue weighted by atomic mass is 14.0. The van der Waals surface area contributed by atoms with Gasteiger partial charge in [-0.15, -0.1) is 0 Å². The minimum Gasteiger partial charge on any atom is -0.0622 e. The van der Waals surface area contributed by atoms with Crippen molar-refractivity contribution in [3.05, 3.63) is 106 Å². The molecule has 0 atom stereocenters. The molecular weight excluding hydrogens is 336 g/mol. The average Bonchev–Trinajstić information content (AvgIpc) is 2.72. The molecule has 0 unspecified atom stereocenters. The summed E-state index contributed by atoms with van der Waals surface area (Å²) in [6.07, 6.45) is 2.31. The average molecular weight is 375 g/mol. The first-order chi connectivity index (χ1) is 13.4. The molecule has 0 radical (unpaired) electrons. The third-order valence-electron chi connectivity index (χ3n) is 5.01. The number of hydrogen-bond donors (Lipinski definition) is 0. The molecule has 0 aliphatic rings. The predicted octanol–water partition coefficient (Wildman–Crippen LogP) is 8.23. The van der Waals surface area contributed by atoms with Crippen LogP contribution in [-0.2, 0) is 12.8 Å². The monoisotopic (exact) mass is 374 g/mol. The molecule has 0 saturated carbocycles. The van der Waals surface area contributed by atoms with Crippen LogP contribution in [0.25, 0.3) is 0 Å². The molecule has 0 spiro atoms. The van der Waals surface area contributed by atoms with E-state index in [1.807, 2.05) is 6.07 Å². The molecular formula is C28H38. The standard InChI is InChI=1S/C10H14.2C9H12/c1-3-9-7-5-6-8-10(9)4-2;1-7-4-5-8(2)9(3)6-7;1-8(2)9-6-4-3-5-7-9/h5-8H,3-4H2,1-2H3;4-6H,1-3H3;3-8H,1-2H3. The lowest BCUT2D eigenvalue weighted by molar-refractivity contribution is 0.867. The molecule has 0 amide bonds. The highest BCUT2D eigenvalue weighted by molar-refractivity contribution is 5.29. The van der Waals surface area contributed by atoms with Crippen molar-refractivity contribution in [1.29, 1.82) is 0 Å². The number of rotatable bonds is 3. The van der Waals surface area contributed by atoms with Gasteiger partial charge in [-0.05, 0) is 67.3 Å². The molecule has 0 heteroatoms. The van der Waals surface area contributed by atoms with Gasteiger partial charge in [-0.2, -0.15) is 0 Å². The van der Waals surface area contributed by atoms with Gasteiger partial charge in [0.1, 0.15) is 0 Å². The van der Waals surface area contributed by atoms with Gasteiger partial charge in [0, 0.05) is 0 Å². The van der Waals surface area contributed by atoms with E-state index in [-0.39, 0.29) is 0 Å². The highest BCUT2D eigenvalue weighted by Gasteiger charge is 1.94. The Hall–Kier alpha value is -2.34. The summed E-state index contributed by atoms with van der Waals surface area (Å²) >= 11 is 0. The Kier molecular flexibility index (Phi) is 11.0. The summed E-state index contributed by atoms with van der Waals surface area (Å²) in [4.78, 5) is 0. The third kappa shape index (κ3) is 8.57. The maximum Gasteiger partial charge on any atom is -0.0219 e. The van der Waals surface area contributed by atoms with Crippen LogP contribution in [0, 0.1) is 20.8 Å². The summed E-state index contributed by atoms with van der Waals surface area (Å²) in [5, 5.41) is 0. The molecule has 0 nitrogen and oxygen atoms in total. The van der Waals surface area contributed by atoms with E-state index >= 15 is 0 Å². The third-order valence-corrected chi connectivity index (χ3v) is 5.01. The van der Waals surface area contributed by atoms with E-state index in [2.05, 4.69) is 115 Å². The van der Waals surface area contributed by atoms with Crippen LogP contribution in [0.5, 0.6) is 0 Å². The fourth-order valence-electron chi connectivity index (χ4n) is 2.98. The van der Waals surface area contributed by atoms with E-state index in [4.69, 9.17) is 0 Å². The SMILES string of the molecule is CC(C)c1ccccc1.CCc1ccccc1CC.Cc1ccc(C)c(C)c1. The Bertz CT molecular complexity index is 774. The maximum atomic E-state index is 2.21. The van der Waals surface area contributed by atoms with Crippen molar-refractivity contribution >= 4 is 0 Å². The quantitative estimate of drug-likeness (QED) is 0.433. The second-order valence-electron chi connectivity index (χ2n) is 7.63. The molecule has 0 heterocycles. The Balaban J connectivity index is 0.000000210. The molecule has 0 bridgehead atoms. The minimum atomic E-state index is 0.659. The van der Waals surface area contributed by atoms with Crippen LogP contribution in [0.3, 0.4) is 0 Å². The smallest absolute Gasteiger partial charge is 0.0219 e. The van der Waals surface area contributed by atoms with Crippen LogP contribution in [-0.4, -0.2) is 0 Å². The summed E-state index contributed by atoms with van der Waals surface area (Å²) in [7, 11) is 0. The van der Waals surface area contributed by atoms with Gasteiger partial charge in [0.05, 0.1) is 0 Å². The highest BCUT2D eigenvalue weighted by Crippen LogP contribution is 2.12. The van der Waals surface area contributed by atoms with Crippen LogP contribution >= 0.6 is 0 Å². The zero-order valence-corrected chi connectivity index (χ0v) is 18.9. The van der Waals surface area contributed by atoms with Crippen LogP contribution in [0.2, 0.25) is 0 Å². The first-order valence-corrected chi connectivity index (χ1v) is 10.5. The minimum absolute atomic E-state index is 0.659. The summed E-state index contributed by atoms with van der Waals surface area (Å²) in [5.74, 6) is 0.659. The maximum absolute atomic E-state index is 2.21. The first-order valence-electron chi connectivity index (χ1n) is 10.5. The first kappa shape index (κ1) is 23.7.